The SMILES string of the molecule is CCCCCCCCCCCCCCCCCCOc1ccc(NC=C2C(=O)OC(C)(C)OC2=O)cc1NC=C1C(=O)OC(C)(C)OC1=O. The first kappa shape index (κ1) is 39.4. The summed E-state index contributed by atoms with van der Waals surface area (Å²) >= 11 is 0. The third-order valence-electron chi connectivity index (χ3n) is 8.22. The molecule has 0 aromatic heterocycles. The molecule has 272 valence electrons. The molecule has 11 nitrogen and oxygen atoms in total. The Morgan fingerprint density at radius 3 is 1.39 bits per heavy atom. The number of cyclic esters (lactones) is 4. The highest BCUT2D eigenvalue weighted by molar-refractivity contribution is 6.16. The Bertz CT molecular complexity index is 1290. The summed E-state index contributed by atoms with van der Waals surface area (Å²) in [7, 11) is 0. The van der Waals surface area contributed by atoms with Crippen LogP contribution in [0.4, 0.5) is 11.4 Å². The van der Waals surface area contributed by atoms with E-state index in [9.17, 15) is 19.2 Å². The number of ether oxygens (including phenoxy) is 5. The van der Waals surface area contributed by atoms with E-state index in [-0.39, 0.29) is 11.1 Å². The number of hydrogen-bond donors (Lipinski definition) is 2. The van der Waals surface area contributed by atoms with Gasteiger partial charge in [0.25, 0.3) is 11.6 Å². The smallest absolute Gasteiger partial charge is 0.350 e. The molecule has 0 bridgehead atoms. The van der Waals surface area contributed by atoms with Gasteiger partial charge in [0.1, 0.15) is 5.75 Å². The number of nitrogens with one attached hydrogen (secondary N) is 2. The molecule has 0 spiro atoms. The van der Waals surface area contributed by atoms with Crippen molar-refractivity contribution in [3.63, 3.8) is 0 Å². The van der Waals surface area contributed by atoms with E-state index in [1.807, 2.05) is 0 Å². The Labute approximate surface area is 291 Å². The molecule has 2 heterocycles. The lowest BCUT2D eigenvalue weighted by Gasteiger charge is -2.29. The minimum absolute atomic E-state index is 0.296. The Morgan fingerprint density at radius 1 is 0.571 bits per heavy atom. The van der Waals surface area contributed by atoms with Crippen molar-refractivity contribution >= 4 is 35.3 Å². The maximum atomic E-state index is 12.5. The molecule has 2 N–H and O–H groups in total. The minimum Gasteiger partial charge on any atom is -0.491 e. The molecule has 2 aliphatic rings. The van der Waals surface area contributed by atoms with Crippen LogP contribution < -0.4 is 15.4 Å². The van der Waals surface area contributed by atoms with Crippen LogP contribution in [0, 0.1) is 0 Å². The van der Waals surface area contributed by atoms with E-state index in [0.29, 0.717) is 23.7 Å². The number of unbranched alkanes of at least 4 members (excludes halogenated alkanes) is 15. The zero-order valence-electron chi connectivity index (χ0n) is 30.1. The fourth-order valence-corrected chi connectivity index (χ4v) is 5.55. The molecule has 1 aromatic rings. The van der Waals surface area contributed by atoms with Crippen molar-refractivity contribution in [3.8, 4) is 5.75 Å². The largest absolute Gasteiger partial charge is 0.491 e. The molecule has 2 aliphatic heterocycles. The lowest BCUT2D eigenvalue weighted by Crippen LogP contribution is -2.42. The van der Waals surface area contributed by atoms with Crippen LogP contribution in [0.2, 0.25) is 0 Å². The summed E-state index contributed by atoms with van der Waals surface area (Å²) in [5, 5.41) is 5.85. The molecular weight excluding hydrogens is 628 g/mol. The summed E-state index contributed by atoms with van der Waals surface area (Å²) in [5.74, 6) is -5.49. The zero-order valence-corrected chi connectivity index (χ0v) is 30.1. The highest BCUT2D eigenvalue weighted by Crippen LogP contribution is 2.31. The average molecular weight is 685 g/mol. The topological polar surface area (TPSA) is 138 Å². The molecule has 49 heavy (non-hydrogen) atoms. The van der Waals surface area contributed by atoms with Crippen LogP contribution in [0.3, 0.4) is 0 Å². The van der Waals surface area contributed by atoms with Gasteiger partial charge in [-0.25, -0.2) is 19.2 Å². The first-order chi connectivity index (χ1) is 23.4. The zero-order chi connectivity index (χ0) is 35.7. The van der Waals surface area contributed by atoms with Gasteiger partial charge in [-0.2, -0.15) is 0 Å². The van der Waals surface area contributed by atoms with Gasteiger partial charge < -0.3 is 34.3 Å². The van der Waals surface area contributed by atoms with Gasteiger partial charge in [0.05, 0.1) is 12.3 Å². The lowest BCUT2D eigenvalue weighted by atomic mass is 10.0. The van der Waals surface area contributed by atoms with E-state index >= 15 is 0 Å². The van der Waals surface area contributed by atoms with E-state index in [2.05, 4.69) is 17.6 Å². The molecule has 0 saturated carbocycles. The lowest BCUT2D eigenvalue weighted by molar-refractivity contribution is -0.224. The van der Waals surface area contributed by atoms with Gasteiger partial charge in [-0.1, -0.05) is 103 Å². The second kappa shape index (κ2) is 19.8. The van der Waals surface area contributed by atoms with Crippen LogP contribution in [0.1, 0.15) is 137 Å². The van der Waals surface area contributed by atoms with Crippen molar-refractivity contribution < 1.29 is 42.9 Å². The van der Waals surface area contributed by atoms with Gasteiger partial charge in [-0.15, -0.1) is 0 Å². The van der Waals surface area contributed by atoms with Gasteiger partial charge >= 0.3 is 23.9 Å². The van der Waals surface area contributed by atoms with Crippen LogP contribution in [-0.2, 0) is 38.1 Å². The van der Waals surface area contributed by atoms with Gasteiger partial charge in [-0.05, 0) is 24.6 Å². The van der Waals surface area contributed by atoms with Crippen molar-refractivity contribution in [1.29, 1.82) is 0 Å². The number of esters is 4. The third-order valence-corrected chi connectivity index (χ3v) is 8.22. The van der Waals surface area contributed by atoms with Gasteiger partial charge in [0, 0.05) is 45.8 Å². The van der Waals surface area contributed by atoms with Crippen molar-refractivity contribution in [2.24, 2.45) is 0 Å². The van der Waals surface area contributed by atoms with Crippen LogP contribution in [0.15, 0.2) is 41.7 Å². The second-order valence-electron chi connectivity index (χ2n) is 13.6. The molecule has 0 atom stereocenters. The first-order valence-electron chi connectivity index (χ1n) is 18.0. The summed E-state index contributed by atoms with van der Waals surface area (Å²) in [4.78, 5) is 49.6. The number of anilines is 2. The summed E-state index contributed by atoms with van der Waals surface area (Å²) in [6, 6.07) is 5.05. The number of carbonyl (C=O) groups is 4. The molecule has 1 aromatic carbocycles. The minimum atomic E-state index is -1.36. The van der Waals surface area contributed by atoms with E-state index < -0.39 is 35.5 Å². The molecule has 0 aliphatic carbocycles. The maximum Gasteiger partial charge on any atom is 0.350 e. The molecule has 11 heteroatoms. The quantitative estimate of drug-likeness (QED) is 0.0525. The fraction of sp³-hybridized carbons (Fsp3) is 0.632. The average Bonchev–Trinajstić information content (AvgIpc) is 3.01. The van der Waals surface area contributed by atoms with Gasteiger partial charge in [-0.3, -0.25) is 0 Å². The van der Waals surface area contributed by atoms with Gasteiger partial charge in [0.15, 0.2) is 11.1 Å². The van der Waals surface area contributed by atoms with Crippen LogP contribution in [0.25, 0.3) is 0 Å². The highest BCUT2D eigenvalue weighted by Gasteiger charge is 2.40. The summed E-state index contributed by atoms with van der Waals surface area (Å²) in [5.41, 5.74) is 0.297. The predicted octanol–water partition coefficient (Wildman–Crippen LogP) is 8.59. The van der Waals surface area contributed by atoms with Crippen molar-refractivity contribution in [2.45, 2.75) is 149 Å². The summed E-state index contributed by atoms with van der Waals surface area (Å²) in [6.45, 7) is 8.62. The molecule has 0 radical (unpaired) electrons. The summed E-state index contributed by atoms with van der Waals surface area (Å²) in [6.07, 6.45) is 22.9. The number of hydrogen-bond acceptors (Lipinski definition) is 11. The van der Waals surface area contributed by atoms with E-state index in [4.69, 9.17) is 23.7 Å². The van der Waals surface area contributed by atoms with E-state index in [1.165, 1.54) is 124 Å². The number of rotatable bonds is 22. The number of benzene rings is 1. The molecular formula is C38H56N2O9. The molecule has 2 fully saturated rings. The second-order valence-corrected chi connectivity index (χ2v) is 13.6. The van der Waals surface area contributed by atoms with Crippen molar-refractivity contribution in [1.82, 2.24) is 0 Å². The standard InChI is InChI=1S/C38H56N2O9/c1-6-7-8-9-10-11-12-13-14-15-16-17-18-19-20-21-24-45-32-23-22-28(39-26-29-33(41)46-37(2,3)47-34(29)42)25-31(32)40-27-30-35(43)48-38(4,5)49-36(30)44/h22-23,25-27,39-40H,6-21,24H2,1-5H3. The normalized spacial score (nSPS) is 16.7. The van der Waals surface area contributed by atoms with Crippen LogP contribution in [-0.4, -0.2) is 42.1 Å². The molecule has 2 saturated heterocycles. The third kappa shape index (κ3) is 14.2. The van der Waals surface area contributed by atoms with E-state index in [0.717, 1.165) is 19.3 Å². The van der Waals surface area contributed by atoms with E-state index in [1.54, 1.807) is 18.2 Å². The Hall–Kier alpha value is -4.02. The van der Waals surface area contributed by atoms with Crippen LogP contribution in [0.5, 0.6) is 5.75 Å². The Kier molecular flexibility index (Phi) is 16.0. The summed E-state index contributed by atoms with van der Waals surface area (Å²) < 4.78 is 26.7. The highest BCUT2D eigenvalue weighted by atomic mass is 16.7. The van der Waals surface area contributed by atoms with Crippen LogP contribution >= 0.6 is 0 Å². The molecule has 0 unspecified atom stereocenters. The monoisotopic (exact) mass is 684 g/mol. The number of carbonyl (C=O) groups excluding carboxylic acids is 4. The van der Waals surface area contributed by atoms with Crippen molar-refractivity contribution in [2.75, 3.05) is 17.2 Å². The maximum absolute atomic E-state index is 12.5. The fourth-order valence-electron chi connectivity index (χ4n) is 5.55. The molecule has 0 amide bonds. The Morgan fingerprint density at radius 2 is 0.959 bits per heavy atom. The first-order valence-corrected chi connectivity index (χ1v) is 18.0. The molecule has 3 rings (SSSR count). The predicted molar refractivity (Wildman–Crippen MR) is 187 cm³/mol. The van der Waals surface area contributed by atoms with Gasteiger partial charge in [0.2, 0.25) is 0 Å². The Balaban J connectivity index is 1.47. The van der Waals surface area contributed by atoms with Crippen molar-refractivity contribution in [3.05, 3.63) is 41.7 Å².